The average Bonchev–Trinajstić information content (AvgIpc) is 2.92. The van der Waals surface area contributed by atoms with Gasteiger partial charge in [-0.3, -0.25) is 4.79 Å². The molecule has 7 heteroatoms. The number of primary amides is 1. The van der Waals surface area contributed by atoms with Gasteiger partial charge in [-0.15, -0.1) is 10.2 Å². The minimum absolute atomic E-state index is 0.154. The molecule has 2 bridgehead atoms. The molecule has 2 aliphatic carbocycles. The lowest BCUT2D eigenvalue weighted by molar-refractivity contribution is -0.0838. The van der Waals surface area contributed by atoms with E-state index in [1.165, 1.54) is 0 Å². The van der Waals surface area contributed by atoms with Gasteiger partial charge in [0.15, 0.2) is 11.3 Å². The number of nitrogens with one attached hydrogen (secondary N) is 2. The van der Waals surface area contributed by atoms with Crippen LogP contribution in [0.1, 0.15) is 56.4 Å². The van der Waals surface area contributed by atoms with Crippen LogP contribution in [-0.2, 0) is 0 Å². The number of rotatable bonds is 3. The molecule has 2 aromatic heterocycles. The maximum Gasteiger partial charge on any atom is 0.271 e. The van der Waals surface area contributed by atoms with Crippen molar-refractivity contribution in [3.63, 3.8) is 0 Å². The molecule has 1 amide bonds. The summed E-state index contributed by atoms with van der Waals surface area (Å²) in [6.07, 6.45) is 6.02. The summed E-state index contributed by atoms with van der Waals surface area (Å²) in [6.45, 7) is 4.37. The second kappa shape index (κ2) is 5.42. The van der Waals surface area contributed by atoms with E-state index in [0.717, 1.165) is 31.1 Å². The third-order valence-corrected chi connectivity index (χ3v) is 5.71. The third kappa shape index (κ3) is 2.76. The van der Waals surface area contributed by atoms with E-state index in [1.807, 2.05) is 6.07 Å². The number of aliphatic hydroxyl groups is 1. The molecule has 2 aliphatic rings. The Bertz CT molecular complexity index is 816. The molecule has 134 valence electrons. The topological polar surface area (TPSA) is 117 Å². The normalized spacial score (nSPS) is 34.8. The van der Waals surface area contributed by atoms with Crippen LogP contribution in [0.5, 0.6) is 0 Å². The number of nitrogens with zero attached hydrogens (tertiary/aromatic N) is 2. The van der Waals surface area contributed by atoms with Gasteiger partial charge in [-0.05, 0) is 50.0 Å². The number of aromatic nitrogens is 3. The molecule has 5 N–H and O–H groups in total. The van der Waals surface area contributed by atoms with E-state index >= 15 is 0 Å². The number of H-pyrrole nitrogens is 1. The minimum atomic E-state index is -0.646. The lowest BCUT2D eigenvalue weighted by Crippen LogP contribution is -2.57. The van der Waals surface area contributed by atoms with Gasteiger partial charge in [0.25, 0.3) is 5.91 Å². The molecule has 2 fully saturated rings. The maximum absolute atomic E-state index is 11.9. The summed E-state index contributed by atoms with van der Waals surface area (Å²) >= 11 is 0. The molecule has 0 spiro atoms. The number of anilines is 1. The number of hydrogen-bond donors (Lipinski definition) is 4. The highest BCUT2D eigenvalue weighted by molar-refractivity contribution is 6.04. The standard InChI is InChI=1S/C18H25N5O2/c1-10-5-17(6-11(2)8-18(25,7-10)9-17)21-13-12-3-4-20-16(12)23-22-14(13)15(19)24/h3-4,10-11,25H,5-9H2,1-2H3,(H2,19,24)(H2,20,21,23). The number of carbonyl (C=O) groups is 1. The van der Waals surface area contributed by atoms with Crippen LogP contribution in [0.2, 0.25) is 0 Å². The Balaban J connectivity index is 1.81. The quantitative estimate of drug-likeness (QED) is 0.681. The Morgan fingerprint density at radius 1 is 1.28 bits per heavy atom. The Hall–Kier alpha value is -2.15. The SMILES string of the molecule is CC1CC2(O)CC(C)CC(Nc3c(C(N)=O)nnc4[nH]ccc34)(C1)C2. The van der Waals surface area contributed by atoms with Gasteiger partial charge in [-0.25, -0.2) is 0 Å². The lowest BCUT2D eigenvalue weighted by atomic mass is 9.59. The van der Waals surface area contributed by atoms with Gasteiger partial charge < -0.3 is 21.1 Å². The van der Waals surface area contributed by atoms with Crippen molar-refractivity contribution in [3.05, 3.63) is 18.0 Å². The van der Waals surface area contributed by atoms with E-state index in [0.29, 0.717) is 29.6 Å². The smallest absolute Gasteiger partial charge is 0.271 e. The zero-order valence-electron chi connectivity index (χ0n) is 14.7. The summed E-state index contributed by atoms with van der Waals surface area (Å²) in [4.78, 5) is 14.9. The van der Waals surface area contributed by atoms with Crippen LogP contribution in [0, 0.1) is 11.8 Å². The van der Waals surface area contributed by atoms with Crippen molar-refractivity contribution >= 4 is 22.6 Å². The molecule has 0 aliphatic heterocycles. The van der Waals surface area contributed by atoms with Gasteiger partial charge in [0.05, 0.1) is 11.3 Å². The molecule has 2 saturated carbocycles. The molecule has 2 atom stereocenters. The van der Waals surface area contributed by atoms with Crippen LogP contribution in [-0.4, -0.2) is 37.3 Å². The van der Waals surface area contributed by atoms with Gasteiger partial charge in [-0.2, -0.15) is 0 Å². The number of fused-ring (bicyclic) bond motifs is 3. The first-order valence-corrected chi connectivity index (χ1v) is 8.93. The van der Waals surface area contributed by atoms with Crippen molar-refractivity contribution in [1.29, 1.82) is 0 Å². The molecule has 0 radical (unpaired) electrons. The second-order valence-electron chi connectivity index (χ2n) is 8.36. The van der Waals surface area contributed by atoms with E-state index in [2.05, 4.69) is 34.3 Å². The molecule has 7 nitrogen and oxygen atoms in total. The summed E-state index contributed by atoms with van der Waals surface area (Å²) in [5.41, 5.74) is 6.04. The summed E-state index contributed by atoms with van der Waals surface area (Å²) in [6, 6.07) is 1.88. The van der Waals surface area contributed by atoms with Crippen molar-refractivity contribution in [3.8, 4) is 0 Å². The number of nitrogens with two attached hydrogens (primary N) is 1. The van der Waals surface area contributed by atoms with Gasteiger partial charge >= 0.3 is 0 Å². The van der Waals surface area contributed by atoms with E-state index in [1.54, 1.807) is 6.20 Å². The van der Waals surface area contributed by atoms with E-state index in [-0.39, 0.29) is 11.2 Å². The van der Waals surface area contributed by atoms with Crippen molar-refractivity contribution in [2.75, 3.05) is 5.32 Å². The van der Waals surface area contributed by atoms with E-state index in [9.17, 15) is 9.90 Å². The second-order valence-corrected chi connectivity index (χ2v) is 8.36. The summed E-state index contributed by atoms with van der Waals surface area (Å²) in [5.74, 6) is 0.219. The number of carbonyl (C=O) groups excluding carboxylic acids is 1. The highest BCUT2D eigenvalue weighted by Crippen LogP contribution is 2.51. The van der Waals surface area contributed by atoms with Crippen molar-refractivity contribution in [2.24, 2.45) is 17.6 Å². The molecule has 2 heterocycles. The molecule has 4 rings (SSSR count). The van der Waals surface area contributed by atoms with Crippen LogP contribution >= 0.6 is 0 Å². The fourth-order valence-corrected chi connectivity index (χ4v) is 5.49. The fraction of sp³-hybridized carbons (Fsp3) is 0.611. The number of aromatic amines is 1. The van der Waals surface area contributed by atoms with Gasteiger partial charge in [-0.1, -0.05) is 13.8 Å². The predicted octanol–water partition coefficient (Wildman–Crippen LogP) is 2.19. The highest BCUT2D eigenvalue weighted by atomic mass is 16.3. The fourth-order valence-electron chi connectivity index (χ4n) is 5.49. The van der Waals surface area contributed by atoms with E-state index < -0.39 is 11.5 Å². The first-order chi connectivity index (χ1) is 11.8. The van der Waals surface area contributed by atoms with Crippen LogP contribution in [0.25, 0.3) is 11.0 Å². The van der Waals surface area contributed by atoms with Gasteiger partial charge in [0.2, 0.25) is 0 Å². The molecule has 2 unspecified atom stereocenters. The molecular weight excluding hydrogens is 318 g/mol. The molecule has 0 aromatic carbocycles. The molecule has 0 saturated heterocycles. The first-order valence-electron chi connectivity index (χ1n) is 8.93. The third-order valence-electron chi connectivity index (χ3n) is 5.71. The zero-order valence-corrected chi connectivity index (χ0v) is 14.7. The monoisotopic (exact) mass is 343 g/mol. The molecule has 2 aromatic rings. The van der Waals surface area contributed by atoms with Gasteiger partial charge in [0, 0.05) is 17.1 Å². The zero-order chi connectivity index (χ0) is 17.8. The van der Waals surface area contributed by atoms with Crippen LogP contribution < -0.4 is 11.1 Å². The lowest BCUT2D eigenvalue weighted by Gasteiger charge is -2.54. The Labute approximate surface area is 146 Å². The van der Waals surface area contributed by atoms with Crippen molar-refractivity contribution in [2.45, 2.75) is 57.1 Å². The Morgan fingerprint density at radius 3 is 2.60 bits per heavy atom. The van der Waals surface area contributed by atoms with Crippen molar-refractivity contribution < 1.29 is 9.90 Å². The first kappa shape index (κ1) is 16.3. The van der Waals surface area contributed by atoms with Crippen LogP contribution in [0.3, 0.4) is 0 Å². The number of amides is 1. The van der Waals surface area contributed by atoms with Crippen LogP contribution in [0.15, 0.2) is 12.3 Å². The largest absolute Gasteiger partial charge is 0.390 e. The maximum atomic E-state index is 11.9. The van der Waals surface area contributed by atoms with E-state index in [4.69, 9.17) is 5.73 Å². The van der Waals surface area contributed by atoms with Crippen molar-refractivity contribution in [1.82, 2.24) is 15.2 Å². The minimum Gasteiger partial charge on any atom is -0.390 e. The summed E-state index contributed by atoms with van der Waals surface area (Å²) in [5, 5.41) is 23.5. The Kier molecular flexibility index (Phi) is 3.54. The van der Waals surface area contributed by atoms with Gasteiger partial charge in [0.1, 0.15) is 0 Å². The highest BCUT2D eigenvalue weighted by Gasteiger charge is 2.51. The molecular formula is C18H25N5O2. The predicted molar refractivity (Wildman–Crippen MR) is 95.1 cm³/mol. The molecule has 25 heavy (non-hydrogen) atoms. The average molecular weight is 343 g/mol. The Morgan fingerprint density at radius 2 is 1.96 bits per heavy atom. The number of hydrogen-bond acceptors (Lipinski definition) is 5. The summed E-state index contributed by atoms with van der Waals surface area (Å²) < 4.78 is 0. The summed E-state index contributed by atoms with van der Waals surface area (Å²) in [7, 11) is 0. The van der Waals surface area contributed by atoms with Crippen LogP contribution in [0.4, 0.5) is 5.69 Å².